The smallest absolute Gasteiger partial charge is 0.272 e. The zero-order valence-corrected chi connectivity index (χ0v) is 16.6. The van der Waals surface area contributed by atoms with Crippen molar-refractivity contribution in [3.8, 4) is 0 Å². The molecule has 0 saturated heterocycles. The lowest BCUT2D eigenvalue weighted by Crippen LogP contribution is -2.42. The number of nitrogens with zero attached hydrogens (tertiary/aromatic N) is 2. The summed E-state index contributed by atoms with van der Waals surface area (Å²) in [5, 5.41) is 4.45. The van der Waals surface area contributed by atoms with Crippen LogP contribution >= 0.6 is 27.7 Å². The quantitative estimate of drug-likeness (QED) is 0.459. The van der Waals surface area contributed by atoms with E-state index in [1.165, 1.54) is 11.8 Å². The van der Waals surface area contributed by atoms with E-state index in [1.54, 1.807) is 42.6 Å². The van der Waals surface area contributed by atoms with Crippen molar-refractivity contribution in [2.45, 2.75) is 17.7 Å². The van der Waals surface area contributed by atoms with Crippen molar-refractivity contribution >= 4 is 39.5 Å². The molecule has 0 radical (unpaired) electrons. The van der Waals surface area contributed by atoms with Crippen LogP contribution in [-0.2, 0) is 5.75 Å². The maximum atomic E-state index is 12.5. The molecule has 2 heterocycles. The maximum Gasteiger partial charge on any atom is 0.272 e. The second kappa shape index (κ2) is 8.83. The maximum absolute atomic E-state index is 12.5. The molecule has 0 fully saturated rings. The SMILES string of the molecule is Cc1cc(CSc2ncccc2C(=O)NNC(=O)c2ccccc2Br)no1. The van der Waals surface area contributed by atoms with E-state index in [0.717, 1.165) is 11.5 Å². The second-order valence-electron chi connectivity index (χ2n) is 5.46. The average Bonchev–Trinajstić information content (AvgIpc) is 3.10. The lowest BCUT2D eigenvalue weighted by Gasteiger charge is -2.10. The number of rotatable bonds is 5. The van der Waals surface area contributed by atoms with Gasteiger partial charge in [-0.2, -0.15) is 0 Å². The number of amides is 2. The first-order valence-corrected chi connectivity index (χ1v) is 9.67. The summed E-state index contributed by atoms with van der Waals surface area (Å²) >= 11 is 4.66. The van der Waals surface area contributed by atoms with Crippen molar-refractivity contribution in [1.82, 2.24) is 21.0 Å². The zero-order chi connectivity index (χ0) is 19.2. The Labute approximate surface area is 168 Å². The van der Waals surface area contributed by atoms with Crippen LogP contribution in [0.4, 0.5) is 0 Å². The van der Waals surface area contributed by atoms with Gasteiger partial charge in [-0.25, -0.2) is 4.98 Å². The number of pyridine rings is 1. The Hall–Kier alpha value is -2.65. The average molecular weight is 447 g/mol. The Morgan fingerprint density at radius 3 is 2.52 bits per heavy atom. The highest BCUT2D eigenvalue weighted by Crippen LogP contribution is 2.24. The van der Waals surface area contributed by atoms with Crippen LogP contribution in [0.5, 0.6) is 0 Å². The van der Waals surface area contributed by atoms with Crippen LogP contribution in [-0.4, -0.2) is 22.0 Å². The largest absolute Gasteiger partial charge is 0.361 e. The minimum atomic E-state index is -0.456. The number of nitrogens with one attached hydrogen (secondary N) is 2. The zero-order valence-electron chi connectivity index (χ0n) is 14.2. The molecule has 3 rings (SSSR count). The molecule has 0 aliphatic rings. The van der Waals surface area contributed by atoms with Gasteiger partial charge in [0.15, 0.2) is 0 Å². The molecule has 7 nitrogen and oxygen atoms in total. The molecule has 2 aromatic heterocycles. The van der Waals surface area contributed by atoms with Crippen molar-refractivity contribution in [2.75, 3.05) is 0 Å². The van der Waals surface area contributed by atoms with Crippen molar-refractivity contribution in [3.05, 3.63) is 75.7 Å². The number of aromatic nitrogens is 2. The molecule has 0 saturated carbocycles. The standard InChI is InChI=1S/C18H15BrN4O3S/c1-11-9-12(23-26-11)10-27-18-14(6-4-8-20-18)17(25)22-21-16(24)13-5-2-3-7-15(13)19/h2-9H,10H2,1H3,(H,21,24)(H,22,25). The van der Waals surface area contributed by atoms with E-state index < -0.39 is 11.8 Å². The highest BCUT2D eigenvalue weighted by Gasteiger charge is 2.15. The van der Waals surface area contributed by atoms with Crippen LogP contribution in [0.2, 0.25) is 0 Å². The molecule has 9 heteroatoms. The lowest BCUT2D eigenvalue weighted by molar-refractivity contribution is 0.0844. The van der Waals surface area contributed by atoms with Gasteiger partial charge in [0.1, 0.15) is 10.8 Å². The van der Waals surface area contributed by atoms with Crippen LogP contribution in [0, 0.1) is 6.92 Å². The third kappa shape index (κ3) is 4.95. The number of hydrogen-bond acceptors (Lipinski definition) is 6. The van der Waals surface area contributed by atoms with E-state index in [0.29, 0.717) is 26.4 Å². The Balaban J connectivity index is 1.64. The summed E-state index contributed by atoms with van der Waals surface area (Å²) in [6.07, 6.45) is 1.60. The van der Waals surface area contributed by atoms with Crippen LogP contribution in [0.25, 0.3) is 0 Å². The summed E-state index contributed by atoms with van der Waals surface area (Å²) in [4.78, 5) is 28.9. The van der Waals surface area contributed by atoms with Crippen molar-refractivity contribution in [1.29, 1.82) is 0 Å². The van der Waals surface area contributed by atoms with E-state index in [1.807, 2.05) is 13.0 Å². The van der Waals surface area contributed by atoms with Gasteiger partial charge < -0.3 is 4.52 Å². The number of aryl methyl sites for hydroxylation is 1. The predicted octanol–water partition coefficient (Wildman–Crippen LogP) is 3.51. The third-order valence-electron chi connectivity index (χ3n) is 3.46. The van der Waals surface area contributed by atoms with E-state index in [4.69, 9.17) is 4.52 Å². The Morgan fingerprint density at radius 1 is 1.11 bits per heavy atom. The topological polar surface area (TPSA) is 97.1 Å². The van der Waals surface area contributed by atoms with Gasteiger partial charge >= 0.3 is 0 Å². The molecule has 0 unspecified atom stereocenters. The van der Waals surface area contributed by atoms with Gasteiger partial charge in [0.2, 0.25) is 0 Å². The molecular weight excluding hydrogens is 432 g/mol. The first-order chi connectivity index (χ1) is 13.0. The number of thioether (sulfide) groups is 1. The van der Waals surface area contributed by atoms with Gasteiger partial charge in [0, 0.05) is 22.5 Å². The highest BCUT2D eigenvalue weighted by molar-refractivity contribution is 9.10. The number of benzene rings is 1. The predicted molar refractivity (Wildman–Crippen MR) is 104 cm³/mol. The summed E-state index contributed by atoms with van der Waals surface area (Å²) in [6, 6.07) is 12.1. The molecule has 2 amide bonds. The summed E-state index contributed by atoms with van der Waals surface area (Å²) in [5.41, 5.74) is 6.36. The summed E-state index contributed by atoms with van der Waals surface area (Å²) in [5.74, 6) is 0.353. The molecule has 0 bridgehead atoms. The molecular formula is C18H15BrN4O3S. The molecule has 0 atom stereocenters. The van der Waals surface area contributed by atoms with Gasteiger partial charge in [-0.15, -0.1) is 0 Å². The summed E-state index contributed by atoms with van der Waals surface area (Å²) in [7, 11) is 0. The van der Waals surface area contributed by atoms with Gasteiger partial charge in [-0.3, -0.25) is 20.4 Å². The molecule has 2 N–H and O–H groups in total. The van der Waals surface area contributed by atoms with Crippen LogP contribution in [0.15, 0.2) is 62.7 Å². The van der Waals surface area contributed by atoms with Crippen molar-refractivity contribution < 1.29 is 14.1 Å². The Kier molecular flexibility index (Phi) is 6.25. The fraction of sp³-hybridized carbons (Fsp3) is 0.111. The fourth-order valence-corrected chi connectivity index (χ4v) is 3.54. The Bertz CT molecular complexity index is 977. The number of hydrogen-bond donors (Lipinski definition) is 2. The number of carbonyl (C=O) groups excluding carboxylic acids is 2. The monoisotopic (exact) mass is 446 g/mol. The summed E-state index contributed by atoms with van der Waals surface area (Å²) < 4.78 is 5.67. The van der Waals surface area contributed by atoms with Crippen LogP contribution < -0.4 is 10.9 Å². The minimum absolute atomic E-state index is 0.357. The first-order valence-electron chi connectivity index (χ1n) is 7.90. The van der Waals surface area contributed by atoms with Gasteiger partial charge in [-0.05, 0) is 47.1 Å². The molecule has 0 aliphatic carbocycles. The van der Waals surface area contributed by atoms with E-state index in [-0.39, 0.29) is 0 Å². The summed E-state index contributed by atoms with van der Waals surface area (Å²) in [6.45, 7) is 1.81. The first kappa shape index (κ1) is 19.1. The normalized spacial score (nSPS) is 10.4. The minimum Gasteiger partial charge on any atom is -0.361 e. The molecule has 1 aromatic carbocycles. The molecule has 138 valence electrons. The van der Waals surface area contributed by atoms with Gasteiger partial charge in [-0.1, -0.05) is 29.1 Å². The second-order valence-corrected chi connectivity index (χ2v) is 7.28. The third-order valence-corrected chi connectivity index (χ3v) is 5.19. The van der Waals surface area contributed by atoms with E-state index in [9.17, 15) is 9.59 Å². The fourth-order valence-electron chi connectivity index (χ4n) is 2.20. The number of halogens is 1. The number of hydrazine groups is 1. The lowest BCUT2D eigenvalue weighted by atomic mass is 10.2. The van der Waals surface area contributed by atoms with Crippen molar-refractivity contribution in [3.63, 3.8) is 0 Å². The van der Waals surface area contributed by atoms with Gasteiger partial charge in [0.25, 0.3) is 11.8 Å². The van der Waals surface area contributed by atoms with E-state index in [2.05, 4.69) is 36.9 Å². The van der Waals surface area contributed by atoms with Crippen molar-refractivity contribution in [2.24, 2.45) is 0 Å². The van der Waals surface area contributed by atoms with Crippen LogP contribution in [0.1, 0.15) is 32.2 Å². The van der Waals surface area contributed by atoms with Crippen LogP contribution in [0.3, 0.4) is 0 Å². The molecule has 0 aliphatic heterocycles. The Morgan fingerprint density at radius 2 is 1.81 bits per heavy atom. The molecule has 0 spiro atoms. The molecule has 27 heavy (non-hydrogen) atoms. The molecule has 3 aromatic rings. The van der Waals surface area contributed by atoms with E-state index >= 15 is 0 Å². The number of carbonyl (C=O) groups is 2. The van der Waals surface area contributed by atoms with Gasteiger partial charge in [0.05, 0.1) is 16.8 Å². The highest BCUT2D eigenvalue weighted by atomic mass is 79.9.